The first-order valence-corrected chi connectivity index (χ1v) is 6.90. The van der Waals surface area contributed by atoms with Crippen molar-refractivity contribution in [3.63, 3.8) is 0 Å². The molecule has 3 N–H and O–H groups in total. The number of benzene rings is 1. The van der Waals surface area contributed by atoms with Crippen LogP contribution in [0.3, 0.4) is 0 Å². The van der Waals surface area contributed by atoms with Crippen molar-refractivity contribution in [2.24, 2.45) is 0 Å². The van der Waals surface area contributed by atoms with Gasteiger partial charge in [-0.25, -0.2) is 0 Å². The van der Waals surface area contributed by atoms with Crippen molar-refractivity contribution in [1.82, 2.24) is 10.6 Å². The van der Waals surface area contributed by atoms with E-state index in [9.17, 15) is 14.7 Å². The molecule has 0 saturated carbocycles. The van der Waals surface area contributed by atoms with Gasteiger partial charge in [0.25, 0.3) is 0 Å². The van der Waals surface area contributed by atoms with E-state index in [1.54, 1.807) is 19.1 Å². The zero-order chi connectivity index (χ0) is 15.9. The molecular weight excluding hydrogens is 284 g/mol. The predicted molar refractivity (Wildman–Crippen MR) is 79.7 cm³/mol. The number of hydrogen-bond acceptors (Lipinski definition) is 4. The summed E-state index contributed by atoms with van der Waals surface area (Å²) >= 11 is 0. The number of carbonyl (C=O) groups excluding carboxylic acids is 2. The highest BCUT2D eigenvalue weighted by Crippen LogP contribution is 2.14. The lowest BCUT2D eigenvalue weighted by molar-refractivity contribution is -0.139. The Kier molecular flexibility index (Phi) is 5.32. The Balaban J connectivity index is 1.75. The molecule has 0 aliphatic carbocycles. The topological polar surface area (TPSA) is 91.6 Å². The van der Waals surface area contributed by atoms with Crippen LogP contribution in [-0.4, -0.2) is 23.5 Å². The van der Waals surface area contributed by atoms with Gasteiger partial charge in [-0.15, -0.1) is 0 Å². The third kappa shape index (κ3) is 4.46. The second kappa shape index (κ2) is 7.42. The van der Waals surface area contributed by atoms with E-state index in [0.29, 0.717) is 11.5 Å². The number of aliphatic hydroxyl groups excluding tert-OH is 1. The monoisotopic (exact) mass is 302 g/mol. The van der Waals surface area contributed by atoms with E-state index in [-0.39, 0.29) is 13.1 Å². The molecule has 6 nitrogen and oxygen atoms in total. The number of hydrogen-bond donors (Lipinski definition) is 3. The maximum atomic E-state index is 11.6. The summed E-state index contributed by atoms with van der Waals surface area (Å²) in [6, 6.07) is 12.6. The Bertz CT molecular complexity index is 637. The van der Waals surface area contributed by atoms with Gasteiger partial charge >= 0.3 is 11.8 Å². The molecule has 1 aromatic heterocycles. The van der Waals surface area contributed by atoms with E-state index in [1.807, 2.05) is 30.3 Å². The van der Waals surface area contributed by atoms with E-state index < -0.39 is 17.9 Å². The molecule has 0 saturated heterocycles. The van der Waals surface area contributed by atoms with Crippen LogP contribution in [-0.2, 0) is 16.1 Å². The second-order valence-corrected chi connectivity index (χ2v) is 4.84. The Labute approximate surface area is 128 Å². The maximum Gasteiger partial charge on any atom is 0.309 e. The normalized spacial score (nSPS) is 11.7. The number of aryl methyl sites for hydroxylation is 1. The smallest absolute Gasteiger partial charge is 0.309 e. The van der Waals surface area contributed by atoms with Crippen molar-refractivity contribution in [2.75, 3.05) is 6.54 Å². The van der Waals surface area contributed by atoms with Gasteiger partial charge < -0.3 is 20.2 Å². The molecule has 116 valence electrons. The van der Waals surface area contributed by atoms with Crippen LogP contribution >= 0.6 is 0 Å². The highest BCUT2D eigenvalue weighted by atomic mass is 16.4. The maximum absolute atomic E-state index is 11.6. The Morgan fingerprint density at radius 2 is 1.77 bits per heavy atom. The Morgan fingerprint density at radius 1 is 1.09 bits per heavy atom. The molecule has 2 aromatic rings. The lowest BCUT2D eigenvalue weighted by atomic mass is 10.2. The summed E-state index contributed by atoms with van der Waals surface area (Å²) in [6.45, 7) is 1.93. The number of nitrogens with one attached hydrogen (secondary N) is 2. The molecule has 0 spiro atoms. The van der Waals surface area contributed by atoms with Gasteiger partial charge in [-0.1, -0.05) is 30.3 Å². The molecular formula is C16H18N2O4. The van der Waals surface area contributed by atoms with E-state index in [1.165, 1.54) is 0 Å². The van der Waals surface area contributed by atoms with Gasteiger partial charge in [0.1, 0.15) is 17.6 Å². The molecule has 22 heavy (non-hydrogen) atoms. The second-order valence-electron chi connectivity index (χ2n) is 4.84. The number of furan rings is 1. The SMILES string of the molecule is Cc1ccc(C(O)CNC(=O)C(=O)NCc2ccccc2)o1. The summed E-state index contributed by atoms with van der Waals surface area (Å²) in [4.78, 5) is 23.3. The third-order valence-electron chi connectivity index (χ3n) is 3.05. The van der Waals surface area contributed by atoms with Crippen LogP contribution in [0, 0.1) is 6.92 Å². The van der Waals surface area contributed by atoms with E-state index in [4.69, 9.17) is 4.42 Å². The lowest BCUT2D eigenvalue weighted by Gasteiger charge is -2.10. The highest BCUT2D eigenvalue weighted by molar-refractivity contribution is 6.35. The average molecular weight is 302 g/mol. The van der Waals surface area contributed by atoms with Crippen LogP contribution in [0.15, 0.2) is 46.9 Å². The van der Waals surface area contributed by atoms with Gasteiger partial charge in [-0.05, 0) is 24.6 Å². The summed E-state index contributed by atoms with van der Waals surface area (Å²) in [5.74, 6) is -0.520. The van der Waals surface area contributed by atoms with Crippen molar-refractivity contribution in [3.8, 4) is 0 Å². The van der Waals surface area contributed by atoms with Crippen LogP contribution < -0.4 is 10.6 Å². The minimum absolute atomic E-state index is 0.0927. The number of aliphatic hydroxyl groups is 1. The molecule has 2 rings (SSSR count). The molecule has 2 amide bonds. The van der Waals surface area contributed by atoms with Gasteiger partial charge in [-0.2, -0.15) is 0 Å². The molecule has 6 heteroatoms. The summed E-state index contributed by atoms with van der Waals surface area (Å²) in [6.07, 6.45) is -0.987. The van der Waals surface area contributed by atoms with Crippen LogP contribution in [0.1, 0.15) is 23.2 Å². The molecule has 1 atom stereocenters. The number of carbonyl (C=O) groups is 2. The van der Waals surface area contributed by atoms with Crippen molar-refractivity contribution >= 4 is 11.8 Å². The summed E-state index contributed by atoms with van der Waals surface area (Å²) in [5.41, 5.74) is 0.898. The molecule has 0 aliphatic heterocycles. The molecule has 1 heterocycles. The lowest BCUT2D eigenvalue weighted by Crippen LogP contribution is -2.41. The van der Waals surface area contributed by atoms with Crippen LogP contribution in [0.2, 0.25) is 0 Å². The highest BCUT2D eigenvalue weighted by Gasteiger charge is 2.17. The van der Waals surface area contributed by atoms with E-state index in [0.717, 1.165) is 5.56 Å². The molecule has 0 fully saturated rings. The first-order chi connectivity index (χ1) is 10.6. The zero-order valence-corrected chi connectivity index (χ0v) is 12.2. The molecule has 1 aromatic carbocycles. The van der Waals surface area contributed by atoms with E-state index >= 15 is 0 Å². The van der Waals surface area contributed by atoms with Crippen molar-refractivity contribution in [3.05, 3.63) is 59.5 Å². The van der Waals surface area contributed by atoms with Crippen molar-refractivity contribution in [2.45, 2.75) is 19.6 Å². The molecule has 1 unspecified atom stereocenters. The van der Waals surface area contributed by atoms with Crippen molar-refractivity contribution < 1.29 is 19.1 Å². The average Bonchev–Trinajstić information content (AvgIpc) is 2.97. The quantitative estimate of drug-likeness (QED) is 0.720. The molecule has 0 radical (unpaired) electrons. The summed E-state index contributed by atoms with van der Waals surface area (Å²) in [5, 5.41) is 14.7. The largest absolute Gasteiger partial charge is 0.464 e. The van der Waals surface area contributed by atoms with Crippen LogP contribution in [0.25, 0.3) is 0 Å². The zero-order valence-electron chi connectivity index (χ0n) is 12.2. The standard InChI is InChI=1S/C16H18N2O4/c1-11-7-8-14(22-11)13(19)10-18-16(21)15(20)17-9-12-5-3-2-4-6-12/h2-8,13,19H,9-10H2,1H3,(H,17,20)(H,18,21). The number of amides is 2. The van der Waals surface area contributed by atoms with Crippen LogP contribution in [0.5, 0.6) is 0 Å². The van der Waals surface area contributed by atoms with Gasteiger partial charge in [0.2, 0.25) is 0 Å². The Hall–Kier alpha value is -2.60. The fourth-order valence-electron chi connectivity index (χ4n) is 1.86. The molecule has 0 bridgehead atoms. The fourth-order valence-corrected chi connectivity index (χ4v) is 1.86. The fraction of sp³-hybridized carbons (Fsp3) is 0.250. The van der Waals surface area contributed by atoms with E-state index in [2.05, 4.69) is 10.6 Å². The first kappa shape index (κ1) is 15.8. The van der Waals surface area contributed by atoms with Crippen LogP contribution in [0.4, 0.5) is 0 Å². The van der Waals surface area contributed by atoms with Gasteiger partial charge in [0.05, 0.1) is 6.54 Å². The predicted octanol–water partition coefficient (Wildman–Crippen LogP) is 1.05. The van der Waals surface area contributed by atoms with Crippen molar-refractivity contribution in [1.29, 1.82) is 0 Å². The summed E-state index contributed by atoms with van der Waals surface area (Å²) in [7, 11) is 0. The first-order valence-electron chi connectivity index (χ1n) is 6.90. The third-order valence-corrected chi connectivity index (χ3v) is 3.05. The van der Waals surface area contributed by atoms with Gasteiger partial charge in [0.15, 0.2) is 0 Å². The van der Waals surface area contributed by atoms with Gasteiger partial charge in [-0.3, -0.25) is 9.59 Å². The minimum Gasteiger partial charge on any atom is -0.464 e. The number of rotatable bonds is 5. The Morgan fingerprint density at radius 3 is 2.41 bits per heavy atom. The minimum atomic E-state index is -0.987. The summed E-state index contributed by atoms with van der Waals surface area (Å²) < 4.78 is 5.24. The van der Waals surface area contributed by atoms with Gasteiger partial charge in [0, 0.05) is 6.54 Å². The molecule has 0 aliphatic rings.